The molecule has 0 rings (SSSR count). The summed E-state index contributed by atoms with van der Waals surface area (Å²) >= 11 is 0. The Morgan fingerprint density at radius 3 is 2.27 bits per heavy atom. The van der Waals surface area contributed by atoms with E-state index in [0.29, 0.717) is 0 Å². The first-order valence-corrected chi connectivity index (χ1v) is 4.74. The molecule has 0 fully saturated rings. The maximum absolute atomic E-state index is 9.67. The largest absolute Gasteiger partial charge is 0.390 e. The molecular weight excluding hydrogens is 136 g/mol. The molecule has 1 nitrogen and oxygen atoms in total. The summed E-state index contributed by atoms with van der Waals surface area (Å²) in [6, 6.07) is 0. The van der Waals surface area contributed by atoms with Gasteiger partial charge in [-0.05, 0) is 32.1 Å². The van der Waals surface area contributed by atoms with Crippen molar-refractivity contribution in [2.75, 3.05) is 0 Å². The molecule has 0 saturated heterocycles. The van der Waals surface area contributed by atoms with Gasteiger partial charge < -0.3 is 5.11 Å². The molecule has 0 bridgehead atoms. The van der Waals surface area contributed by atoms with E-state index in [1.807, 2.05) is 13.8 Å². The molecule has 0 aliphatic rings. The maximum Gasteiger partial charge on any atom is 0.0617 e. The topological polar surface area (TPSA) is 20.2 Å². The Kier molecular flexibility index (Phi) is 4.74. The Balaban J connectivity index is 3.52. The van der Waals surface area contributed by atoms with Crippen LogP contribution in [-0.4, -0.2) is 10.7 Å². The molecule has 68 valence electrons. The lowest BCUT2D eigenvalue weighted by molar-refractivity contribution is 0.0408. The molecule has 2 atom stereocenters. The fourth-order valence-electron chi connectivity index (χ4n) is 0.938. The van der Waals surface area contributed by atoms with Gasteiger partial charge in [-0.3, -0.25) is 0 Å². The second kappa shape index (κ2) is 4.76. The van der Waals surface area contributed by atoms with Crippen molar-refractivity contribution in [3.8, 4) is 0 Å². The summed E-state index contributed by atoms with van der Waals surface area (Å²) in [4.78, 5) is 0. The summed E-state index contributed by atoms with van der Waals surface area (Å²) in [5.74, 6) is 0.757. The molecule has 0 heterocycles. The summed E-state index contributed by atoms with van der Waals surface area (Å²) in [6.45, 7) is 8.41. The molecule has 0 aliphatic carbocycles. The predicted molar refractivity (Wildman–Crippen MR) is 49.6 cm³/mol. The van der Waals surface area contributed by atoms with E-state index in [-0.39, 0.29) is 0 Å². The van der Waals surface area contributed by atoms with Crippen molar-refractivity contribution in [1.82, 2.24) is 0 Å². The molecule has 0 saturated carbocycles. The van der Waals surface area contributed by atoms with Crippen LogP contribution in [0.5, 0.6) is 0 Å². The van der Waals surface area contributed by atoms with E-state index < -0.39 is 5.60 Å². The smallest absolute Gasteiger partial charge is 0.0617 e. The predicted octanol–water partition coefficient (Wildman–Crippen LogP) is 2.97. The van der Waals surface area contributed by atoms with Crippen LogP contribution >= 0.6 is 0 Å². The molecule has 0 spiro atoms. The highest BCUT2D eigenvalue weighted by atomic mass is 16.3. The first-order valence-electron chi connectivity index (χ1n) is 4.74. The molecule has 0 aromatic heterocycles. The van der Waals surface area contributed by atoms with Gasteiger partial charge in [0.2, 0.25) is 0 Å². The van der Waals surface area contributed by atoms with E-state index >= 15 is 0 Å². The van der Waals surface area contributed by atoms with Gasteiger partial charge in [0.25, 0.3) is 0 Å². The van der Waals surface area contributed by atoms with Gasteiger partial charge in [-0.15, -0.1) is 0 Å². The van der Waals surface area contributed by atoms with Crippen LogP contribution in [0.1, 0.15) is 53.4 Å². The van der Waals surface area contributed by atoms with E-state index in [9.17, 15) is 5.11 Å². The Morgan fingerprint density at radius 2 is 1.91 bits per heavy atom. The average Bonchev–Trinajstić information content (AvgIpc) is 2.00. The van der Waals surface area contributed by atoms with E-state index in [1.54, 1.807) is 0 Å². The van der Waals surface area contributed by atoms with Gasteiger partial charge in [0.1, 0.15) is 0 Å². The van der Waals surface area contributed by atoms with Crippen LogP contribution in [0.3, 0.4) is 0 Å². The van der Waals surface area contributed by atoms with Gasteiger partial charge in [-0.25, -0.2) is 0 Å². The average molecular weight is 158 g/mol. The van der Waals surface area contributed by atoms with Crippen molar-refractivity contribution >= 4 is 0 Å². The van der Waals surface area contributed by atoms with E-state index in [0.717, 1.165) is 25.2 Å². The SMILES string of the molecule is CC[C@H](C)CC[C@](C)(O)CC. The second-order valence-electron chi connectivity index (χ2n) is 3.90. The second-order valence-corrected chi connectivity index (χ2v) is 3.90. The normalized spacial score (nSPS) is 19.4. The molecule has 0 aliphatic heterocycles. The number of hydrogen-bond acceptors (Lipinski definition) is 1. The van der Waals surface area contributed by atoms with E-state index in [4.69, 9.17) is 0 Å². The Labute approximate surface area is 70.8 Å². The van der Waals surface area contributed by atoms with E-state index in [2.05, 4.69) is 13.8 Å². The van der Waals surface area contributed by atoms with Crippen LogP contribution in [0.15, 0.2) is 0 Å². The zero-order chi connectivity index (χ0) is 8.91. The molecule has 11 heavy (non-hydrogen) atoms. The fourth-order valence-corrected chi connectivity index (χ4v) is 0.938. The maximum atomic E-state index is 9.67. The zero-order valence-electron chi connectivity index (χ0n) is 8.35. The van der Waals surface area contributed by atoms with E-state index in [1.165, 1.54) is 6.42 Å². The third kappa shape index (κ3) is 5.25. The van der Waals surface area contributed by atoms with Crippen LogP contribution in [0.25, 0.3) is 0 Å². The lowest BCUT2D eigenvalue weighted by atomic mass is 9.91. The summed E-state index contributed by atoms with van der Waals surface area (Å²) in [6.07, 6.45) is 4.18. The van der Waals surface area contributed by atoms with Crippen LogP contribution in [0, 0.1) is 5.92 Å². The quantitative estimate of drug-likeness (QED) is 0.652. The minimum absolute atomic E-state index is 0.427. The van der Waals surface area contributed by atoms with Gasteiger partial charge in [-0.1, -0.05) is 27.2 Å². The standard InChI is InChI=1S/C10H22O/c1-5-9(3)7-8-10(4,11)6-2/h9,11H,5-8H2,1-4H3/t9-,10+/m0/s1. The highest BCUT2D eigenvalue weighted by Crippen LogP contribution is 2.20. The van der Waals surface area contributed by atoms with Crippen molar-refractivity contribution in [1.29, 1.82) is 0 Å². The van der Waals surface area contributed by atoms with Gasteiger partial charge in [0.15, 0.2) is 0 Å². The van der Waals surface area contributed by atoms with Gasteiger partial charge in [0.05, 0.1) is 5.60 Å². The molecule has 1 N–H and O–H groups in total. The van der Waals surface area contributed by atoms with Crippen LogP contribution in [0.2, 0.25) is 0 Å². The van der Waals surface area contributed by atoms with Crippen molar-refractivity contribution < 1.29 is 5.11 Å². The number of hydrogen-bond donors (Lipinski definition) is 1. The van der Waals surface area contributed by atoms with Gasteiger partial charge >= 0.3 is 0 Å². The van der Waals surface area contributed by atoms with Crippen molar-refractivity contribution in [2.24, 2.45) is 5.92 Å². The van der Waals surface area contributed by atoms with Crippen LogP contribution in [-0.2, 0) is 0 Å². The lowest BCUT2D eigenvalue weighted by Crippen LogP contribution is -2.23. The molecule has 0 aromatic carbocycles. The molecule has 0 unspecified atom stereocenters. The lowest BCUT2D eigenvalue weighted by Gasteiger charge is -2.22. The molecule has 1 heteroatoms. The minimum atomic E-state index is -0.427. The van der Waals surface area contributed by atoms with Crippen molar-refractivity contribution in [2.45, 2.75) is 59.0 Å². The summed E-state index contributed by atoms with van der Waals surface area (Å²) < 4.78 is 0. The van der Waals surface area contributed by atoms with Crippen LogP contribution < -0.4 is 0 Å². The Bertz CT molecular complexity index is 97.0. The van der Waals surface area contributed by atoms with Crippen molar-refractivity contribution in [3.05, 3.63) is 0 Å². The number of rotatable bonds is 5. The summed E-state index contributed by atoms with van der Waals surface area (Å²) in [5, 5.41) is 9.67. The summed E-state index contributed by atoms with van der Waals surface area (Å²) in [5.41, 5.74) is -0.427. The Hall–Kier alpha value is -0.0400. The molecule has 0 amide bonds. The third-order valence-electron chi connectivity index (χ3n) is 2.63. The first-order chi connectivity index (χ1) is 5.02. The zero-order valence-corrected chi connectivity index (χ0v) is 8.35. The number of aliphatic hydroxyl groups is 1. The fraction of sp³-hybridized carbons (Fsp3) is 1.00. The third-order valence-corrected chi connectivity index (χ3v) is 2.63. The first kappa shape index (κ1) is 11.0. The molecular formula is C10H22O. The van der Waals surface area contributed by atoms with Crippen LogP contribution in [0.4, 0.5) is 0 Å². The van der Waals surface area contributed by atoms with Gasteiger partial charge in [0, 0.05) is 0 Å². The van der Waals surface area contributed by atoms with Crippen molar-refractivity contribution in [3.63, 3.8) is 0 Å². The molecule has 0 radical (unpaired) electrons. The monoisotopic (exact) mass is 158 g/mol. The summed E-state index contributed by atoms with van der Waals surface area (Å²) in [7, 11) is 0. The Morgan fingerprint density at radius 1 is 1.36 bits per heavy atom. The highest BCUT2D eigenvalue weighted by molar-refractivity contribution is 4.70. The minimum Gasteiger partial charge on any atom is -0.390 e. The molecule has 0 aromatic rings. The highest BCUT2D eigenvalue weighted by Gasteiger charge is 2.17. The van der Waals surface area contributed by atoms with Gasteiger partial charge in [-0.2, -0.15) is 0 Å².